The highest BCUT2D eigenvalue weighted by Crippen LogP contribution is 2.37. The van der Waals surface area contributed by atoms with Crippen LogP contribution >= 0.6 is 0 Å². The van der Waals surface area contributed by atoms with Crippen LogP contribution in [-0.2, 0) is 4.79 Å². The SMILES string of the molecule is C=C(N1C(=O)C(=O)c2ccccc21)C(F)(F)F. The van der Waals surface area contributed by atoms with Crippen molar-refractivity contribution >= 4 is 17.4 Å². The van der Waals surface area contributed by atoms with Crippen molar-refractivity contribution in [3.63, 3.8) is 0 Å². The van der Waals surface area contributed by atoms with E-state index < -0.39 is 23.6 Å². The number of carbonyl (C=O) groups excluding carboxylic acids is 2. The van der Waals surface area contributed by atoms with Gasteiger partial charge in [0.1, 0.15) is 5.70 Å². The fraction of sp³-hybridized carbons (Fsp3) is 0.0909. The number of amides is 1. The van der Waals surface area contributed by atoms with Crippen LogP contribution in [0.5, 0.6) is 0 Å². The van der Waals surface area contributed by atoms with Crippen molar-refractivity contribution < 1.29 is 22.8 Å². The van der Waals surface area contributed by atoms with Gasteiger partial charge in [0.25, 0.3) is 5.78 Å². The van der Waals surface area contributed by atoms with Crippen molar-refractivity contribution in [3.05, 3.63) is 42.1 Å². The molecular formula is C11H6F3NO2. The number of hydrogen-bond acceptors (Lipinski definition) is 2. The van der Waals surface area contributed by atoms with E-state index >= 15 is 0 Å². The number of halogens is 3. The van der Waals surface area contributed by atoms with Crippen LogP contribution in [0.25, 0.3) is 0 Å². The molecule has 0 saturated heterocycles. The predicted molar refractivity (Wildman–Crippen MR) is 53.5 cm³/mol. The molecule has 6 heteroatoms. The fourth-order valence-electron chi connectivity index (χ4n) is 1.58. The Kier molecular flexibility index (Phi) is 2.30. The summed E-state index contributed by atoms with van der Waals surface area (Å²) in [6, 6.07) is 5.50. The highest BCUT2D eigenvalue weighted by molar-refractivity contribution is 6.53. The lowest BCUT2D eigenvalue weighted by Crippen LogP contribution is -2.35. The van der Waals surface area contributed by atoms with Crippen molar-refractivity contribution in [1.29, 1.82) is 0 Å². The summed E-state index contributed by atoms with van der Waals surface area (Å²) >= 11 is 0. The summed E-state index contributed by atoms with van der Waals surface area (Å²) in [5.41, 5.74) is -1.48. The van der Waals surface area contributed by atoms with E-state index in [0.29, 0.717) is 4.90 Å². The number of Topliss-reactive ketones (excluding diaryl/α,β-unsaturated/α-hetero) is 1. The first-order valence-corrected chi connectivity index (χ1v) is 4.58. The maximum Gasteiger partial charge on any atom is 0.431 e. The number of fused-ring (bicyclic) bond motifs is 1. The van der Waals surface area contributed by atoms with E-state index in [-0.39, 0.29) is 11.3 Å². The molecule has 88 valence electrons. The predicted octanol–water partition coefficient (Wildman–Crippen LogP) is 2.29. The van der Waals surface area contributed by atoms with Crippen molar-refractivity contribution in [1.82, 2.24) is 0 Å². The zero-order chi connectivity index (χ0) is 12.8. The number of ketones is 1. The molecule has 1 aliphatic heterocycles. The molecule has 0 fully saturated rings. The number of rotatable bonds is 1. The van der Waals surface area contributed by atoms with E-state index in [4.69, 9.17) is 0 Å². The van der Waals surface area contributed by atoms with Crippen molar-refractivity contribution in [2.24, 2.45) is 0 Å². The minimum absolute atomic E-state index is 0.0390. The van der Waals surface area contributed by atoms with Gasteiger partial charge >= 0.3 is 12.1 Å². The molecule has 0 bridgehead atoms. The molecule has 1 aliphatic rings. The standard InChI is InChI=1S/C11H6F3NO2/c1-6(11(12,13)14)15-8-5-3-2-4-7(8)9(16)10(15)17/h2-5H,1H2. The molecule has 1 heterocycles. The second-order valence-corrected chi connectivity index (χ2v) is 3.43. The minimum Gasteiger partial charge on any atom is -0.283 e. The lowest BCUT2D eigenvalue weighted by atomic mass is 10.1. The summed E-state index contributed by atoms with van der Waals surface area (Å²) in [5.74, 6) is -2.18. The maximum atomic E-state index is 12.5. The molecule has 2 rings (SSSR count). The summed E-state index contributed by atoms with van der Waals surface area (Å²) in [5, 5.41) is 0. The van der Waals surface area contributed by atoms with E-state index in [1.54, 1.807) is 0 Å². The van der Waals surface area contributed by atoms with Gasteiger partial charge in [-0.2, -0.15) is 13.2 Å². The normalized spacial score (nSPS) is 15.1. The first kappa shape index (κ1) is 11.4. The molecule has 3 nitrogen and oxygen atoms in total. The van der Waals surface area contributed by atoms with Crippen LogP contribution in [0, 0.1) is 0 Å². The molecule has 17 heavy (non-hydrogen) atoms. The Hall–Kier alpha value is -2.11. The lowest BCUT2D eigenvalue weighted by molar-refractivity contribution is -0.118. The van der Waals surface area contributed by atoms with Gasteiger partial charge in [-0.1, -0.05) is 18.7 Å². The molecule has 0 radical (unpaired) electrons. The molecule has 0 atom stereocenters. The van der Waals surface area contributed by atoms with Crippen molar-refractivity contribution in [2.75, 3.05) is 4.90 Å². The van der Waals surface area contributed by atoms with Gasteiger partial charge in [0.2, 0.25) is 0 Å². The third-order valence-corrected chi connectivity index (χ3v) is 2.38. The zero-order valence-electron chi connectivity index (χ0n) is 8.41. The molecule has 0 unspecified atom stereocenters. The maximum absolute atomic E-state index is 12.5. The average molecular weight is 241 g/mol. The van der Waals surface area contributed by atoms with Crippen molar-refractivity contribution in [2.45, 2.75) is 6.18 Å². The molecule has 0 aromatic heterocycles. The molecule has 1 amide bonds. The van der Waals surface area contributed by atoms with Gasteiger partial charge in [0, 0.05) is 0 Å². The lowest BCUT2D eigenvalue weighted by Gasteiger charge is -2.20. The number of carbonyl (C=O) groups is 2. The molecule has 0 saturated carbocycles. The fourth-order valence-corrected chi connectivity index (χ4v) is 1.58. The molecule has 0 spiro atoms. The summed E-state index contributed by atoms with van der Waals surface area (Å²) in [4.78, 5) is 23.2. The van der Waals surface area contributed by atoms with Crippen LogP contribution in [-0.4, -0.2) is 17.9 Å². The molecule has 1 aromatic rings. The zero-order valence-corrected chi connectivity index (χ0v) is 8.41. The van der Waals surface area contributed by atoms with Crippen LogP contribution in [0.1, 0.15) is 10.4 Å². The Morgan fingerprint density at radius 3 is 2.35 bits per heavy atom. The Bertz CT molecular complexity index is 534. The third kappa shape index (κ3) is 1.61. The quantitative estimate of drug-likeness (QED) is 0.707. The number of allylic oxidation sites excluding steroid dienone is 1. The summed E-state index contributed by atoms with van der Waals surface area (Å²) < 4.78 is 37.5. The number of alkyl halides is 3. The van der Waals surface area contributed by atoms with E-state index in [9.17, 15) is 22.8 Å². The average Bonchev–Trinajstić information content (AvgIpc) is 2.51. The largest absolute Gasteiger partial charge is 0.431 e. The first-order chi connectivity index (χ1) is 7.84. The van der Waals surface area contributed by atoms with Crippen LogP contribution in [0.3, 0.4) is 0 Å². The van der Waals surface area contributed by atoms with Gasteiger partial charge in [0.15, 0.2) is 0 Å². The minimum atomic E-state index is -4.76. The number of para-hydroxylation sites is 1. The number of anilines is 1. The Labute approximate surface area is 94.1 Å². The van der Waals surface area contributed by atoms with Crippen LogP contribution in [0.15, 0.2) is 36.5 Å². The van der Waals surface area contributed by atoms with Crippen LogP contribution in [0.4, 0.5) is 18.9 Å². The van der Waals surface area contributed by atoms with E-state index in [0.717, 1.165) is 0 Å². The molecule has 0 aliphatic carbocycles. The second kappa shape index (κ2) is 3.44. The molecule has 1 aromatic carbocycles. The number of nitrogens with zero attached hydrogens (tertiary/aromatic N) is 1. The van der Waals surface area contributed by atoms with E-state index in [2.05, 4.69) is 6.58 Å². The van der Waals surface area contributed by atoms with Gasteiger partial charge in [-0.3, -0.25) is 14.5 Å². The second-order valence-electron chi connectivity index (χ2n) is 3.43. The number of hydrogen-bond donors (Lipinski definition) is 0. The highest BCUT2D eigenvalue weighted by atomic mass is 19.4. The van der Waals surface area contributed by atoms with Crippen LogP contribution in [0.2, 0.25) is 0 Å². The van der Waals surface area contributed by atoms with Gasteiger partial charge < -0.3 is 0 Å². The molecular weight excluding hydrogens is 235 g/mol. The van der Waals surface area contributed by atoms with E-state index in [1.807, 2.05) is 0 Å². The summed E-state index contributed by atoms with van der Waals surface area (Å²) in [6.45, 7) is 2.82. The smallest absolute Gasteiger partial charge is 0.283 e. The van der Waals surface area contributed by atoms with E-state index in [1.165, 1.54) is 24.3 Å². The molecule has 0 N–H and O–H groups in total. The van der Waals surface area contributed by atoms with Crippen molar-refractivity contribution in [3.8, 4) is 0 Å². The Morgan fingerprint density at radius 2 is 1.76 bits per heavy atom. The monoisotopic (exact) mass is 241 g/mol. The first-order valence-electron chi connectivity index (χ1n) is 4.58. The Balaban J connectivity index is 2.54. The topological polar surface area (TPSA) is 37.4 Å². The summed E-state index contributed by atoms with van der Waals surface area (Å²) in [6.07, 6.45) is -4.76. The van der Waals surface area contributed by atoms with Crippen LogP contribution < -0.4 is 4.90 Å². The summed E-state index contributed by atoms with van der Waals surface area (Å²) in [7, 11) is 0. The number of benzene rings is 1. The van der Waals surface area contributed by atoms with Gasteiger partial charge in [-0.15, -0.1) is 0 Å². The highest BCUT2D eigenvalue weighted by Gasteiger charge is 2.45. The Morgan fingerprint density at radius 1 is 1.18 bits per heavy atom. The van der Waals surface area contributed by atoms with Gasteiger partial charge in [0.05, 0.1) is 11.3 Å². The van der Waals surface area contributed by atoms with Gasteiger partial charge in [-0.05, 0) is 12.1 Å². The third-order valence-electron chi connectivity index (χ3n) is 2.38. The van der Waals surface area contributed by atoms with Gasteiger partial charge in [-0.25, -0.2) is 0 Å².